The lowest BCUT2D eigenvalue weighted by atomic mass is 9.89. The molecule has 5 nitrogen and oxygen atoms in total. The van der Waals surface area contributed by atoms with Crippen molar-refractivity contribution in [3.05, 3.63) is 11.6 Å². The summed E-state index contributed by atoms with van der Waals surface area (Å²) in [5.74, 6) is 1.78. The molecule has 3 rings (SSSR count). The van der Waals surface area contributed by atoms with E-state index in [1.54, 1.807) is 0 Å². The molecule has 2 unspecified atom stereocenters. The highest BCUT2D eigenvalue weighted by Crippen LogP contribution is 2.35. The van der Waals surface area contributed by atoms with Crippen LogP contribution in [0.2, 0.25) is 0 Å². The maximum Gasteiger partial charge on any atom is 0.234 e. The van der Waals surface area contributed by atoms with Crippen LogP contribution in [0.25, 0.3) is 0 Å². The second kappa shape index (κ2) is 6.07. The average Bonchev–Trinajstić information content (AvgIpc) is 2.91. The summed E-state index contributed by atoms with van der Waals surface area (Å²) in [6.07, 6.45) is 6.30. The predicted octanol–water partition coefficient (Wildman–Crippen LogP) is 3.21. The maximum absolute atomic E-state index is 9.36. The van der Waals surface area contributed by atoms with Crippen molar-refractivity contribution >= 4 is 5.88 Å². The first-order valence-corrected chi connectivity index (χ1v) is 7.98. The quantitative estimate of drug-likeness (QED) is 0.836. The first-order valence-electron chi connectivity index (χ1n) is 7.98. The lowest BCUT2D eigenvalue weighted by Crippen LogP contribution is -2.45. The third-order valence-corrected chi connectivity index (χ3v) is 4.39. The summed E-state index contributed by atoms with van der Waals surface area (Å²) in [5, 5.41) is 9.36. The lowest BCUT2D eigenvalue weighted by Gasteiger charge is -2.35. The van der Waals surface area contributed by atoms with Gasteiger partial charge in [0, 0.05) is 19.0 Å². The van der Waals surface area contributed by atoms with Crippen LogP contribution in [0.1, 0.15) is 63.5 Å². The van der Waals surface area contributed by atoms with E-state index in [0.29, 0.717) is 17.5 Å². The fourth-order valence-electron chi connectivity index (χ4n) is 3.48. The molecule has 1 aliphatic carbocycles. The second-order valence-corrected chi connectivity index (χ2v) is 6.31. The summed E-state index contributed by atoms with van der Waals surface area (Å²) in [6, 6.07) is 2.19. The Bertz CT molecular complexity index is 518. The van der Waals surface area contributed by atoms with E-state index in [1.807, 2.05) is 13.8 Å². The van der Waals surface area contributed by atoms with Crippen LogP contribution in [0.15, 0.2) is 4.42 Å². The molecule has 2 fully saturated rings. The van der Waals surface area contributed by atoms with Crippen LogP contribution >= 0.6 is 0 Å². The molecule has 5 heteroatoms. The van der Waals surface area contributed by atoms with E-state index in [9.17, 15) is 5.26 Å². The molecule has 0 radical (unpaired) electrons. The van der Waals surface area contributed by atoms with E-state index in [4.69, 9.17) is 9.15 Å². The fourth-order valence-corrected chi connectivity index (χ4v) is 3.48. The Labute approximate surface area is 125 Å². The summed E-state index contributed by atoms with van der Waals surface area (Å²) in [4.78, 5) is 6.58. The highest BCUT2D eigenvalue weighted by molar-refractivity contribution is 5.48. The Morgan fingerprint density at radius 2 is 1.81 bits per heavy atom. The summed E-state index contributed by atoms with van der Waals surface area (Å²) in [6.45, 7) is 5.59. The number of nitriles is 1. The molecular formula is C16H23N3O2. The molecule has 0 amide bonds. The third-order valence-electron chi connectivity index (χ3n) is 4.39. The maximum atomic E-state index is 9.36. The van der Waals surface area contributed by atoms with Crippen LogP contribution in [0.5, 0.6) is 0 Å². The van der Waals surface area contributed by atoms with Gasteiger partial charge in [-0.05, 0) is 26.7 Å². The molecule has 2 heterocycles. The number of aromatic nitrogens is 1. The van der Waals surface area contributed by atoms with Gasteiger partial charge < -0.3 is 14.1 Å². The van der Waals surface area contributed by atoms with Gasteiger partial charge in [-0.3, -0.25) is 0 Å². The van der Waals surface area contributed by atoms with Crippen molar-refractivity contribution < 1.29 is 9.15 Å². The highest BCUT2D eigenvalue weighted by Gasteiger charge is 2.30. The van der Waals surface area contributed by atoms with Crippen molar-refractivity contribution in [2.24, 2.45) is 0 Å². The number of anilines is 1. The van der Waals surface area contributed by atoms with Crippen molar-refractivity contribution in [3.8, 4) is 6.07 Å². The number of hydrogen-bond donors (Lipinski definition) is 0. The molecule has 0 bridgehead atoms. The largest absolute Gasteiger partial charge is 0.423 e. The SMILES string of the molecule is CC1CN(c2oc(C3CCCCC3)nc2C#N)CC(C)O1. The summed E-state index contributed by atoms with van der Waals surface area (Å²) >= 11 is 0. The molecule has 1 aromatic rings. The van der Waals surface area contributed by atoms with Crippen LogP contribution < -0.4 is 4.90 Å². The molecule has 2 aliphatic rings. The van der Waals surface area contributed by atoms with Crippen LogP contribution in [-0.4, -0.2) is 30.3 Å². The topological polar surface area (TPSA) is 62.3 Å². The minimum Gasteiger partial charge on any atom is -0.423 e. The van der Waals surface area contributed by atoms with Crippen molar-refractivity contribution in [1.82, 2.24) is 4.98 Å². The summed E-state index contributed by atoms with van der Waals surface area (Å²) in [7, 11) is 0. The van der Waals surface area contributed by atoms with Gasteiger partial charge in [0.25, 0.3) is 0 Å². The molecule has 0 spiro atoms. The number of morpholine rings is 1. The van der Waals surface area contributed by atoms with E-state index in [0.717, 1.165) is 31.8 Å². The van der Waals surface area contributed by atoms with Gasteiger partial charge in [-0.1, -0.05) is 19.3 Å². The highest BCUT2D eigenvalue weighted by atomic mass is 16.5. The minimum absolute atomic E-state index is 0.142. The minimum atomic E-state index is 0.142. The fraction of sp³-hybridized carbons (Fsp3) is 0.750. The Morgan fingerprint density at radius 3 is 2.43 bits per heavy atom. The molecule has 1 aliphatic heterocycles. The summed E-state index contributed by atoms with van der Waals surface area (Å²) in [5.41, 5.74) is 0.428. The van der Waals surface area contributed by atoms with Crippen molar-refractivity contribution in [2.75, 3.05) is 18.0 Å². The normalized spacial score (nSPS) is 27.6. The molecule has 0 N–H and O–H groups in total. The molecule has 21 heavy (non-hydrogen) atoms. The van der Waals surface area contributed by atoms with Gasteiger partial charge in [0.15, 0.2) is 0 Å². The van der Waals surface area contributed by atoms with Gasteiger partial charge in [-0.2, -0.15) is 5.26 Å². The second-order valence-electron chi connectivity index (χ2n) is 6.31. The van der Waals surface area contributed by atoms with E-state index >= 15 is 0 Å². The van der Waals surface area contributed by atoms with Gasteiger partial charge in [-0.15, -0.1) is 0 Å². The number of hydrogen-bond acceptors (Lipinski definition) is 5. The predicted molar refractivity (Wildman–Crippen MR) is 79.3 cm³/mol. The van der Waals surface area contributed by atoms with Gasteiger partial charge in [0.2, 0.25) is 17.5 Å². The Hall–Kier alpha value is -1.54. The Balaban J connectivity index is 1.84. The monoisotopic (exact) mass is 289 g/mol. The van der Waals surface area contributed by atoms with Gasteiger partial charge in [-0.25, -0.2) is 4.98 Å². The first kappa shape index (κ1) is 14.4. The van der Waals surface area contributed by atoms with E-state index in [-0.39, 0.29) is 12.2 Å². The van der Waals surface area contributed by atoms with E-state index in [2.05, 4.69) is 16.0 Å². The van der Waals surface area contributed by atoms with Crippen molar-refractivity contribution in [3.63, 3.8) is 0 Å². The van der Waals surface area contributed by atoms with Gasteiger partial charge in [0.1, 0.15) is 6.07 Å². The molecule has 1 saturated carbocycles. The first-order chi connectivity index (χ1) is 10.2. The molecular weight excluding hydrogens is 266 g/mol. The molecule has 1 aromatic heterocycles. The molecule has 2 atom stereocenters. The Kier molecular flexibility index (Phi) is 4.16. The zero-order chi connectivity index (χ0) is 14.8. The number of rotatable bonds is 2. The zero-order valence-corrected chi connectivity index (χ0v) is 12.8. The van der Waals surface area contributed by atoms with Crippen LogP contribution in [0.3, 0.4) is 0 Å². The van der Waals surface area contributed by atoms with E-state index < -0.39 is 0 Å². The number of ether oxygens (including phenoxy) is 1. The van der Waals surface area contributed by atoms with Crippen LogP contribution in [0, 0.1) is 11.3 Å². The van der Waals surface area contributed by atoms with Gasteiger partial charge in [0.05, 0.1) is 12.2 Å². The smallest absolute Gasteiger partial charge is 0.234 e. The van der Waals surface area contributed by atoms with Crippen LogP contribution in [-0.2, 0) is 4.74 Å². The molecule has 114 valence electrons. The Morgan fingerprint density at radius 1 is 1.14 bits per heavy atom. The van der Waals surface area contributed by atoms with Crippen molar-refractivity contribution in [1.29, 1.82) is 5.26 Å². The van der Waals surface area contributed by atoms with Gasteiger partial charge >= 0.3 is 0 Å². The number of oxazole rings is 1. The van der Waals surface area contributed by atoms with Crippen LogP contribution in [0.4, 0.5) is 5.88 Å². The zero-order valence-electron chi connectivity index (χ0n) is 12.8. The van der Waals surface area contributed by atoms with Crippen molar-refractivity contribution in [2.45, 2.75) is 64.1 Å². The summed E-state index contributed by atoms with van der Waals surface area (Å²) < 4.78 is 11.8. The molecule has 1 saturated heterocycles. The molecule has 0 aromatic carbocycles. The average molecular weight is 289 g/mol. The number of nitrogens with zero attached hydrogens (tertiary/aromatic N) is 3. The standard InChI is InChI=1S/C16H23N3O2/c1-11-9-19(10-12(2)20-11)16-14(8-17)18-15(21-16)13-6-4-3-5-7-13/h11-13H,3-7,9-10H2,1-2H3. The van der Waals surface area contributed by atoms with E-state index in [1.165, 1.54) is 19.3 Å². The lowest BCUT2D eigenvalue weighted by molar-refractivity contribution is -0.00649. The third kappa shape index (κ3) is 3.06.